The van der Waals surface area contributed by atoms with Crippen LogP contribution in [-0.2, 0) is 4.74 Å². The summed E-state index contributed by atoms with van der Waals surface area (Å²) in [6, 6.07) is 6.66. The van der Waals surface area contributed by atoms with Crippen LogP contribution in [0, 0.1) is 5.92 Å². The molecule has 0 radical (unpaired) electrons. The Morgan fingerprint density at radius 2 is 1.95 bits per heavy atom. The van der Waals surface area contributed by atoms with Gasteiger partial charge in [-0.3, -0.25) is 4.79 Å². The number of carbonyl (C=O) groups is 2. The van der Waals surface area contributed by atoms with E-state index < -0.39 is 6.09 Å². The second-order valence-corrected chi connectivity index (χ2v) is 5.79. The molecule has 0 aliphatic carbocycles. The molecule has 0 bridgehead atoms. The molecule has 0 saturated heterocycles. The number of nitrogens with one attached hydrogen (secondary N) is 2. The van der Waals surface area contributed by atoms with Crippen LogP contribution >= 0.6 is 11.6 Å². The molecular formula is C16H23ClN2O3. The lowest BCUT2D eigenvalue weighted by Crippen LogP contribution is -2.44. The smallest absolute Gasteiger partial charge is 0.407 e. The highest BCUT2D eigenvalue weighted by molar-refractivity contribution is 6.33. The van der Waals surface area contributed by atoms with Crippen molar-refractivity contribution in [3.8, 4) is 0 Å². The lowest BCUT2D eigenvalue weighted by Gasteiger charge is -2.21. The van der Waals surface area contributed by atoms with Gasteiger partial charge in [-0.1, -0.05) is 37.6 Å². The Balaban J connectivity index is 2.60. The van der Waals surface area contributed by atoms with E-state index in [1.54, 1.807) is 31.2 Å². The van der Waals surface area contributed by atoms with Crippen LogP contribution in [0.2, 0.25) is 5.02 Å². The molecule has 0 fully saturated rings. The highest BCUT2D eigenvalue weighted by Crippen LogP contribution is 2.14. The molecule has 2 amide bonds. The predicted molar refractivity (Wildman–Crippen MR) is 87.2 cm³/mol. The number of alkyl carbamates (subject to hydrolysis) is 1. The molecule has 0 spiro atoms. The summed E-state index contributed by atoms with van der Waals surface area (Å²) in [5, 5.41) is 5.96. The second-order valence-electron chi connectivity index (χ2n) is 5.38. The molecule has 1 atom stereocenters. The first kappa shape index (κ1) is 18.3. The zero-order valence-electron chi connectivity index (χ0n) is 13.2. The largest absolute Gasteiger partial charge is 0.450 e. The van der Waals surface area contributed by atoms with Gasteiger partial charge in [0.2, 0.25) is 0 Å². The van der Waals surface area contributed by atoms with Gasteiger partial charge in [-0.2, -0.15) is 0 Å². The number of rotatable bonds is 7. The Hall–Kier alpha value is -1.75. The number of hydrogen-bond acceptors (Lipinski definition) is 3. The van der Waals surface area contributed by atoms with Gasteiger partial charge in [-0.25, -0.2) is 4.79 Å². The molecule has 6 heteroatoms. The van der Waals surface area contributed by atoms with E-state index in [1.165, 1.54) is 0 Å². The number of hydrogen-bond donors (Lipinski definition) is 2. The molecule has 1 aromatic rings. The van der Waals surface area contributed by atoms with Crippen LogP contribution in [-0.4, -0.2) is 31.2 Å². The number of ether oxygens (including phenoxy) is 1. The van der Waals surface area contributed by atoms with Crippen LogP contribution in [0.3, 0.4) is 0 Å². The van der Waals surface area contributed by atoms with Crippen molar-refractivity contribution >= 4 is 23.6 Å². The van der Waals surface area contributed by atoms with Crippen molar-refractivity contribution in [1.82, 2.24) is 10.6 Å². The number of benzene rings is 1. The number of amides is 2. The minimum absolute atomic E-state index is 0.189. The predicted octanol–water partition coefficient (Wildman–Crippen LogP) is 3.23. The maximum atomic E-state index is 12.1. The summed E-state index contributed by atoms with van der Waals surface area (Å²) in [5.41, 5.74) is 0.420. The van der Waals surface area contributed by atoms with Crippen LogP contribution in [0.4, 0.5) is 4.79 Å². The van der Waals surface area contributed by atoms with Crippen molar-refractivity contribution in [2.45, 2.75) is 33.2 Å². The molecule has 1 unspecified atom stereocenters. The Kier molecular flexibility index (Phi) is 7.74. The van der Waals surface area contributed by atoms with Gasteiger partial charge in [0.25, 0.3) is 5.91 Å². The van der Waals surface area contributed by atoms with E-state index in [1.807, 2.05) is 0 Å². The van der Waals surface area contributed by atoms with Crippen LogP contribution in [0.25, 0.3) is 0 Å². The second kappa shape index (κ2) is 9.30. The monoisotopic (exact) mass is 326 g/mol. The van der Waals surface area contributed by atoms with Gasteiger partial charge < -0.3 is 15.4 Å². The summed E-state index contributed by atoms with van der Waals surface area (Å²) in [5.74, 6) is 0.120. The lowest BCUT2D eigenvalue weighted by atomic mass is 10.0. The molecule has 0 aliphatic rings. The molecule has 1 aromatic carbocycles. The van der Waals surface area contributed by atoms with Crippen LogP contribution < -0.4 is 10.6 Å². The lowest BCUT2D eigenvalue weighted by molar-refractivity contribution is 0.0944. The first-order valence-corrected chi connectivity index (χ1v) is 7.77. The molecule has 122 valence electrons. The van der Waals surface area contributed by atoms with Crippen molar-refractivity contribution < 1.29 is 14.3 Å². The highest BCUT2D eigenvalue weighted by Gasteiger charge is 2.17. The Morgan fingerprint density at radius 1 is 1.27 bits per heavy atom. The summed E-state index contributed by atoms with van der Waals surface area (Å²) in [6.45, 7) is 6.48. The van der Waals surface area contributed by atoms with Crippen LogP contribution in [0.15, 0.2) is 24.3 Å². The molecule has 1 rings (SSSR count). The average Bonchev–Trinajstić information content (AvgIpc) is 2.44. The third-order valence-corrected chi connectivity index (χ3v) is 3.31. The zero-order chi connectivity index (χ0) is 16.5. The summed E-state index contributed by atoms with van der Waals surface area (Å²) < 4.78 is 4.88. The van der Waals surface area contributed by atoms with Crippen molar-refractivity contribution in [3.63, 3.8) is 0 Å². The minimum atomic E-state index is -0.472. The normalized spacial score (nSPS) is 11.9. The third-order valence-electron chi connectivity index (χ3n) is 2.98. The molecule has 2 N–H and O–H groups in total. The minimum Gasteiger partial charge on any atom is -0.450 e. The van der Waals surface area contributed by atoms with Gasteiger partial charge in [0.05, 0.1) is 17.2 Å². The van der Waals surface area contributed by atoms with E-state index in [9.17, 15) is 9.59 Å². The van der Waals surface area contributed by atoms with E-state index in [0.717, 1.165) is 6.42 Å². The molecule has 0 aromatic heterocycles. The first-order valence-electron chi connectivity index (χ1n) is 7.40. The van der Waals surface area contributed by atoms with Gasteiger partial charge in [0.1, 0.15) is 0 Å². The Labute approximate surface area is 136 Å². The standard InChI is InChI=1S/C16H23ClN2O3/c1-4-22-16(21)19-12(9-11(2)3)10-18-15(20)13-7-5-6-8-14(13)17/h5-8,11-12H,4,9-10H2,1-3H3,(H,18,20)(H,19,21). The van der Waals surface area contributed by atoms with Gasteiger partial charge >= 0.3 is 6.09 Å². The summed E-state index contributed by atoms with van der Waals surface area (Å²) >= 11 is 5.99. The van der Waals surface area contributed by atoms with Crippen LogP contribution in [0.1, 0.15) is 37.6 Å². The highest BCUT2D eigenvalue weighted by atomic mass is 35.5. The zero-order valence-corrected chi connectivity index (χ0v) is 13.9. The van der Waals surface area contributed by atoms with E-state index in [-0.39, 0.29) is 11.9 Å². The molecule has 0 aliphatic heterocycles. The molecule has 0 heterocycles. The van der Waals surface area contributed by atoms with Gasteiger partial charge in [0, 0.05) is 12.6 Å². The number of carbonyl (C=O) groups excluding carboxylic acids is 2. The fraction of sp³-hybridized carbons (Fsp3) is 0.500. The van der Waals surface area contributed by atoms with Crippen molar-refractivity contribution in [3.05, 3.63) is 34.9 Å². The molecule has 22 heavy (non-hydrogen) atoms. The van der Waals surface area contributed by atoms with Gasteiger partial charge in [0.15, 0.2) is 0 Å². The molecule has 0 saturated carbocycles. The number of halogens is 1. The third kappa shape index (κ3) is 6.35. The molecule has 5 nitrogen and oxygen atoms in total. The Morgan fingerprint density at radius 3 is 2.55 bits per heavy atom. The maximum absolute atomic E-state index is 12.1. The summed E-state index contributed by atoms with van der Waals surface area (Å²) in [4.78, 5) is 23.7. The first-order chi connectivity index (χ1) is 10.4. The average molecular weight is 327 g/mol. The van der Waals surface area contributed by atoms with Gasteiger partial charge in [-0.05, 0) is 31.4 Å². The topological polar surface area (TPSA) is 67.4 Å². The van der Waals surface area contributed by atoms with Crippen molar-refractivity contribution in [1.29, 1.82) is 0 Å². The quantitative estimate of drug-likeness (QED) is 0.808. The van der Waals surface area contributed by atoms with Crippen LogP contribution in [0.5, 0.6) is 0 Å². The molecular weight excluding hydrogens is 304 g/mol. The van der Waals surface area contributed by atoms with E-state index >= 15 is 0 Å². The summed E-state index contributed by atoms with van der Waals surface area (Å²) in [6.07, 6.45) is 0.266. The van der Waals surface area contributed by atoms with E-state index in [2.05, 4.69) is 24.5 Å². The van der Waals surface area contributed by atoms with E-state index in [0.29, 0.717) is 29.7 Å². The fourth-order valence-electron chi connectivity index (χ4n) is 2.06. The summed E-state index contributed by atoms with van der Waals surface area (Å²) in [7, 11) is 0. The SMILES string of the molecule is CCOC(=O)NC(CNC(=O)c1ccccc1Cl)CC(C)C. The fourth-order valence-corrected chi connectivity index (χ4v) is 2.28. The Bertz CT molecular complexity index is 506. The van der Waals surface area contributed by atoms with Crippen molar-refractivity contribution in [2.75, 3.05) is 13.2 Å². The van der Waals surface area contributed by atoms with Crippen molar-refractivity contribution in [2.24, 2.45) is 5.92 Å². The van der Waals surface area contributed by atoms with Gasteiger partial charge in [-0.15, -0.1) is 0 Å². The maximum Gasteiger partial charge on any atom is 0.407 e. The van der Waals surface area contributed by atoms with E-state index in [4.69, 9.17) is 16.3 Å².